The number of halogens is 3. The second-order valence-electron chi connectivity index (χ2n) is 7.13. The van der Waals surface area contributed by atoms with E-state index >= 15 is 0 Å². The number of fused-ring (bicyclic) bond motifs is 3. The van der Waals surface area contributed by atoms with E-state index in [1.807, 2.05) is 49.3 Å². The van der Waals surface area contributed by atoms with E-state index in [0.29, 0.717) is 23.7 Å². The second-order valence-corrected chi connectivity index (χ2v) is 7.13. The molecule has 0 saturated heterocycles. The van der Waals surface area contributed by atoms with E-state index in [9.17, 15) is 13.2 Å². The van der Waals surface area contributed by atoms with Crippen molar-refractivity contribution in [2.45, 2.75) is 6.18 Å². The molecule has 0 aliphatic carbocycles. The Bertz CT molecular complexity index is 1150. The maximum atomic E-state index is 12.9. The van der Waals surface area contributed by atoms with Gasteiger partial charge in [-0.1, -0.05) is 30.3 Å². The Kier molecular flexibility index (Phi) is 4.92. The second kappa shape index (κ2) is 7.40. The zero-order valence-corrected chi connectivity index (χ0v) is 16.0. The standard InChI is InChI=1S/C22H20F3N3O/c1-28(2)11-12-29-21-17-13-19(14-7-9-15(10-8-14)22(23,24)25)26-20(17)16-5-3-4-6-18(16)27-21/h3-10,13,26H,11-12H2,1-2H3. The van der Waals surface area contributed by atoms with Gasteiger partial charge in [-0.15, -0.1) is 0 Å². The smallest absolute Gasteiger partial charge is 0.416 e. The van der Waals surface area contributed by atoms with Crippen molar-refractivity contribution in [3.63, 3.8) is 0 Å². The van der Waals surface area contributed by atoms with Gasteiger partial charge in [-0.25, -0.2) is 4.98 Å². The number of ether oxygens (including phenoxy) is 1. The maximum Gasteiger partial charge on any atom is 0.416 e. The summed E-state index contributed by atoms with van der Waals surface area (Å²) in [5.74, 6) is 0.509. The number of rotatable bonds is 5. The van der Waals surface area contributed by atoms with Gasteiger partial charge in [0, 0.05) is 17.6 Å². The number of nitrogens with zero attached hydrogens (tertiary/aromatic N) is 2. The lowest BCUT2D eigenvalue weighted by molar-refractivity contribution is -0.137. The Labute approximate surface area is 165 Å². The monoisotopic (exact) mass is 399 g/mol. The van der Waals surface area contributed by atoms with Gasteiger partial charge < -0.3 is 14.6 Å². The maximum absolute atomic E-state index is 12.9. The van der Waals surface area contributed by atoms with Gasteiger partial charge in [0.2, 0.25) is 5.88 Å². The largest absolute Gasteiger partial charge is 0.476 e. The fourth-order valence-electron chi connectivity index (χ4n) is 3.22. The van der Waals surface area contributed by atoms with Crippen LogP contribution in [0.3, 0.4) is 0 Å². The summed E-state index contributed by atoms with van der Waals surface area (Å²) in [4.78, 5) is 10.0. The molecule has 29 heavy (non-hydrogen) atoms. The van der Waals surface area contributed by atoms with Gasteiger partial charge in [0.05, 0.1) is 22.0 Å². The Morgan fingerprint density at radius 2 is 1.72 bits per heavy atom. The molecule has 0 radical (unpaired) electrons. The third kappa shape index (κ3) is 3.91. The summed E-state index contributed by atoms with van der Waals surface area (Å²) >= 11 is 0. The number of pyridine rings is 1. The molecule has 4 nitrogen and oxygen atoms in total. The molecular formula is C22H20F3N3O. The quantitative estimate of drug-likeness (QED) is 0.492. The summed E-state index contributed by atoms with van der Waals surface area (Å²) in [5, 5.41) is 1.73. The van der Waals surface area contributed by atoms with Gasteiger partial charge in [-0.05, 0) is 43.9 Å². The molecule has 0 amide bonds. The molecule has 4 aromatic rings. The van der Waals surface area contributed by atoms with Gasteiger partial charge in [0.25, 0.3) is 0 Å². The van der Waals surface area contributed by atoms with Gasteiger partial charge >= 0.3 is 6.18 Å². The highest BCUT2D eigenvalue weighted by atomic mass is 19.4. The van der Waals surface area contributed by atoms with Crippen molar-refractivity contribution in [3.05, 3.63) is 60.2 Å². The molecule has 0 aliphatic rings. The molecule has 2 heterocycles. The molecule has 7 heteroatoms. The van der Waals surface area contributed by atoms with Crippen molar-refractivity contribution in [1.82, 2.24) is 14.9 Å². The van der Waals surface area contributed by atoms with Crippen LogP contribution in [0.1, 0.15) is 5.56 Å². The topological polar surface area (TPSA) is 41.1 Å². The molecule has 2 aromatic heterocycles. The summed E-state index contributed by atoms with van der Waals surface area (Å²) in [6.45, 7) is 1.22. The Balaban J connectivity index is 1.79. The van der Waals surface area contributed by atoms with Crippen LogP contribution in [0, 0.1) is 0 Å². The lowest BCUT2D eigenvalue weighted by Crippen LogP contribution is -2.19. The fourth-order valence-corrected chi connectivity index (χ4v) is 3.22. The molecule has 0 spiro atoms. The van der Waals surface area contributed by atoms with Crippen LogP contribution in [0.25, 0.3) is 33.1 Å². The number of para-hydroxylation sites is 1. The predicted molar refractivity (Wildman–Crippen MR) is 108 cm³/mol. The fraction of sp³-hybridized carbons (Fsp3) is 0.227. The first-order chi connectivity index (χ1) is 13.8. The summed E-state index contributed by atoms with van der Waals surface area (Å²) in [7, 11) is 3.93. The highest BCUT2D eigenvalue weighted by molar-refractivity contribution is 6.07. The number of H-pyrrole nitrogens is 1. The van der Waals surface area contributed by atoms with Crippen LogP contribution in [-0.2, 0) is 6.18 Å². The van der Waals surface area contributed by atoms with E-state index in [0.717, 1.165) is 40.5 Å². The Morgan fingerprint density at radius 1 is 1.00 bits per heavy atom. The van der Waals surface area contributed by atoms with Crippen LogP contribution >= 0.6 is 0 Å². The number of hydrogen-bond acceptors (Lipinski definition) is 3. The molecule has 2 aromatic carbocycles. The van der Waals surface area contributed by atoms with Crippen molar-refractivity contribution in [3.8, 4) is 17.1 Å². The van der Waals surface area contributed by atoms with Crippen LogP contribution in [0.5, 0.6) is 5.88 Å². The van der Waals surface area contributed by atoms with E-state index < -0.39 is 11.7 Å². The molecule has 0 atom stereocenters. The number of hydrogen-bond donors (Lipinski definition) is 1. The SMILES string of the molecule is CN(C)CCOc1nc2ccccc2c2[nH]c(-c3ccc(C(F)(F)F)cc3)cc12. The predicted octanol–water partition coefficient (Wildman–Crippen LogP) is 5.34. The zero-order valence-electron chi connectivity index (χ0n) is 16.0. The first-order valence-corrected chi connectivity index (χ1v) is 9.19. The number of nitrogens with one attached hydrogen (secondary N) is 1. The molecular weight excluding hydrogens is 379 g/mol. The van der Waals surface area contributed by atoms with Crippen molar-refractivity contribution in [2.75, 3.05) is 27.2 Å². The van der Waals surface area contributed by atoms with Gasteiger partial charge in [-0.3, -0.25) is 0 Å². The van der Waals surface area contributed by atoms with Crippen molar-refractivity contribution < 1.29 is 17.9 Å². The first-order valence-electron chi connectivity index (χ1n) is 9.19. The van der Waals surface area contributed by atoms with E-state index in [-0.39, 0.29) is 0 Å². The minimum atomic E-state index is -4.35. The summed E-state index contributed by atoms with van der Waals surface area (Å²) < 4.78 is 44.5. The third-order valence-electron chi connectivity index (χ3n) is 4.74. The van der Waals surface area contributed by atoms with Crippen molar-refractivity contribution in [2.24, 2.45) is 0 Å². The normalized spacial score (nSPS) is 12.2. The molecule has 0 fully saturated rings. The molecule has 0 saturated carbocycles. The lowest BCUT2D eigenvalue weighted by Gasteiger charge is -2.11. The number of aromatic amines is 1. The number of aromatic nitrogens is 2. The molecule has 0 unspecified atom stereocenters. The molecule has 150 valence electrons. The average Bonchev–Trinajstić information content (AvgIpc) is 3.13. The number of likely N-dealkylation sites (N-methyl/N-ethyl adjacent to an activating group) is 1. The number of alkyl halides is 3. The zero-order chi connectivity index (χ0) is 20.6. The van der Waals surface area contributed by atoms with Gasteiger partial charge in [0.15, 0.2) is 0 Å². The van der Waals surface area contributed by atoms with Crippen molar-refractivity contribution >= 4 is 21.8 Å². The molecule has 4 rings (SSSR count). The van der Waals surface area contributed by atoms with Crippen LogP contribution < -0.4 is 4.74 Å². The molecule has 1 N–H and O–H groups in total. The summed E-state index contributed by atoms with van der Waals surface area (Å²) in [6.07, 6.45) is -4.35. The van der Waals surface area contributed by atoms with E-state index in [1.165, 1.54) is 12.1 Å². The minimum absolute atomic E-state index is 0.480. The minimum Gasteiger partial charge on any atom is -0.476 e. The first kappa shape index (κ1) is 19.3. The molecule has 0 bridgehead atoms. The lowest BCUT2D eigenvalue weighted by atomic mass is 10.1. The Hall–Kier alpha value is -3.06. The van der Waals surface area contributed by atoms with Crippen LogP contribution in [0.4, 0.5) is 13.2 Å². The average molecular weight is 399 g/mol. The Morgan fingerprint density at radius 3 is 2.41 bits per heavy atom. The number of benzene rings is 2. The highest BCUT2D eigenvalue weighted by Gasteiger charge is 2.30. The van der Waals surface area contributed by atoms with Gasteiger partial charge in [0.1, 0.15) is 6.61 Å². The summed E-state index contributed by atoms with van der Waals surface area (Å²) in [6, 6.07) is 14.7. The van der Waals surface area contributed by atoms with Crippen LogP contribution in [-0.4, -0.2) is 42.1 Å². The summed E-state index contributed by atoms with van der Waals surface area (Å²) in [5.41, 5.74) is 2.35. The third-order valence-corrected chi connectivity index (χ3v) is 4.74. The van der Waals surface area contributed by atoms with E-state index in [1.54, 1.807) is 0 Å². The van der Waals surface area contributed by atoms with Crippen LogP contribution in [0.2, 0.25) is 0 Å². The van der Waals surface area contributed by atoms with Crippen LogP contribution in [0.15, 0.2) is 54.6 Å². The van der Waals surface area contributed by atoms with Crippen molar-refractivity contribution in [1.29, 1.82) is 0 Å². The van der Waals surface area contributed by atoms with E-state index in [4.69, 9.17) is 4.74 Å². The van der Waals surface area contributed by atoms with E-state index in [2.05, 4.69) is 9.97 Å². The molecule has 0 aliphatic heterocycles. The highest BCUT2D eigenvalue weighted by Crippen LogP contribution is 2.35. The van der Waals surface area contributed by atoms with Gasteiger partial charge in [-0.2, -0.15) is 13.2 Å².